The maximum atomic E-state index is 13.1. The van der Waals surface area contributed by atoms with Gasteiger partial charge in [0.25, 0.3) is 0 Å². The van der Waals surface area contributed by atoms with E-state index in [4.69, 9.17) is 0 Å². The van der Waals surface area contributed by atoms with E-state index in [2.05, 4.69) is 25.6 Å². The van der Waals surface area contributed by atoms with Gasteiger partial charge < -0.3 is 4.98 Å². The lowest BCUT2D eigenvalue weighted by Gasteiger charge is -1.92. The first-order valence-electron chi connectivity index (χ1n) is 4.35. The molecule has 0 bridgehead atoms. The zero-order valence-electron chi connectivity index (χ0n) is 7.53. The Morgan fingerprint density at radius 2 is 2.20 bits per heavy atom. The molecule has 2 heterocycles. The zero-order chi connectivity index (χ0) is 10.3. The number of aromatic nitrogens is 5. The van der Waals surface area contributed by atoms with Gasteiger partial charge in [0.05, 0.1) is 0 Å². The molecule has 5 nitrogen and oxygen atoms in total. The summed E-state index contributed by atoms with van der Waals surface area (Å²) >= 11 is 0. The number of hydrogen-bond acceptors (Lipinski definition) is 3. The minimum absolute atomic E-state index is 0.285. The molecule has 6 heteroatoms. The van der Waals surface area contributed by atoms with E-state index in [0.29, 0.717) is 5.82 Å². The molecule has 0 atom stereocenters. The average Bonchev–Trinajstić information content (AvgIpc) is 2.83. The molecule has 15 heavy (non-hydrogen) atoms. The number of fused-ring (bicyclic) bond motifs is 1. The molecule has 0 saturated heterocycles. The highest BCUT2D eigenvalue weighted by Crippen LogP contribution is 2.25. The lowest BCUT2D eigenvalue weighted by Crippen LogP contribution is -1.79. The summed E-state index contributed by atoms with van der Waals surface area (Å²) in [4.78, 5) is 3.02. The van der Waals surface area contributed by atoms with Crippen molar-refractivity contribution in [3.05, 3.63) is 30.2 Å². The largest absolute Gasteiger partial charge is 0.360 e. The standard InChI is InChI=1S/C9H6FN5/c10-5-1-2-8-6(3-5)7(4-11-8)9-12-14-15-13-9/h1-4,11H,(H,12,13,14,15). The van der Waals surface area contributed by atoms with Crippen LogP contribution in [0.2, 0.25) is 0 Å². The lowest BCUT2D eigenvalue weighted by atomic mass is 10.1. The van der Waals surface area contributed by atoms with Gasteiger partial charge in [0, 0.05) is 22.7 Å². The minimum atomic E-state index is -0.285. The van der Waals surface area contributed by atoms with Crippen LogP contribution >= 0.6 is 0 Å². The average molecular weight is 203 g/mol. The smallest absolute Gasteiger partial charge is 0.206 e. The van der Waals surface area contributed by atoms with Gasteiger partial charge in [0.2, 0.25) is 5.82 Å². The quantitative estimate of drug-likeness (QED) is 0.629. The molecule has 0 spiro atoms. The van der Waals surface area contributed by atoms with Gasteiger partial charge in [-0.25, -0.2) is 4.39 Å². The van der Waals surface area contributed by atoms with Crippen molar-refractivity contribution in [3.8, 4) is 11.4 Å². The number of rotatable bonds is 1. The third kappa shape index (κ3) is 1.18. The Bertz CT molecular complexity index is 598. The van der Waals surface area contributed by atoms with Gasteiger partial charge in [0.1, 0.15) is 5.82 Å². The van der Waals surface area contributed by atoms with Crippen LogP contribution in [-0.4, -0.2) is 25.6 Å². The number of hydrogen-bond donors (Lipinski definition) is 2. The zero-order valence-corrected chi connectivity index (χ0v) is 7.53. The number of tetrazole rings is 1. The van der Waals surface area contributed by atoms with Crippen LogP contribution in [0.4, 0.5) is 4.39 Å². The molecule has 2 aromatic heterocycles. The summed E-state index contributed by atoms with van der Waals surface area (Å²) in [7, 11) is 0. The number of H-pyrrole nitrogens is 2. The highest BCUT2D eigenvalue weighted by Gasteiger charge is 2.10. The number of nitrogens with one attached hydrogen (secondary N) is 2. The highest BCUT2D eigenvalue weighted by molar-refractivity contribution is 5.93. The Labute approximate surface area is 83.3 Å². The molecule has 3 aromatic rings. The maximum Gasteiger partial charge on any atom is 0.206 e. The SMILES string of the molecule is Fc1ccc2[nH]cc(-c3nn[nH]n3)c2c1. The van der Waals surface area contributed by atoms with Gasteiger partial charge in [-0.05, 0) is 23.4 Å². The van der Waals surface area contributed by atoms with Crippen molar-refractivity contribution < 1.29 is 4.39 Å². The van der Waals surface area contributed by atoms with E-state index in [0.717, 1.165) is 16.5 Å². The van der Waals surface area contributed by atoms with Gasteiger partial charge in [0.15, 0.2) is 0 Å². The van der Waals surface area contributed by atoms with Gasteiger partial charge in [-0.2, -0.15) is 5.21 Å². The van der Waals surface area contributed by atoms with E-state index in [1.807, 2.05) is 0 Å². The van der Waals surface area contributed by atoms with Crippen molar-refractivity contribution in [2.24, 2.45) is 0 Å². The molecule has 0 radical (unpaired) electrons. The van der Waals surface area contributed by atoms with Crippen molar-refractivity contribution >= 4 is 10.9 Å². The molecule has 74 valence electrons. The normalized spacial score (nSPS) is 11.0. The van der Waals surface area contributed by atoms with Crippen LogP contribution in [0.15, 0.2) is 24.4 Å². The van der Waals surface area contributed by atoms with Crippen LogP contribution in [0.1, 0.15) is 0 Å². The molecule has 3 rings (SSSR count). The summed E-state index contributed by atoms with van der Waals surface area (Å²) in [6, 6.07) is 4.52. The maximum absolute atomic E-state index is 13.1. The topological polar surface area (TPSA) is 70.2 Å². The lowest BCUT2D eigenvalue weighted by molar-refractivity contribution is 0.630. The second-order valence-corrected chi connectivity index (χ2v) is 3.13. The fourth-order valence-electron chi connectivity index (χ4n) is 1.55. The fraction of sp³-hybridized carbons (Fsp3) is 0. The molecule has 1 aromatic carbocycles. The minimum Gasteiger partial charge on any atom is -0.360 e. The van der Waals surface area contributed by atoms with E-state index >= 15 is 0 Å². The van der Waals surface area contributed by atoms with E-state index < -0.39 is 0 Å². The van der Waals surface area contributed by atoms with Crippen molar-refractivity contribution in [3.63, 3.8) is 0 Å². The molecular formula is C9H6FN5. The predicted octanol–water partition coefficient (Wildman–Crippen LogP) is 1.49. The third-order valence-electron chi connectivity index (χ3n) is 2.23. The van der Waals surface area contributed by atoms with E-state index in [1.165, 1.54) is 12.1 Å². The molecule has 0 amide bonds. The van der Waals surface area contributed by atoms with E-state index in [9.17, 15) is 4.39 Å². The van der Waals surface area contributed by atoms with Gasteiger partial charge in [-0.3, -0.25) is 0 Å². The summed E-state index contributed by atoms with van der Waals surface area (Å²) in [5.74, 6) is 0.165. The summed E-state index contributed by atoms with van der Waals surface area (Å²) in [6.45, 7) is 0. The monoisotopic (exact) mass is 203 g/mol. The number of benzene rings is 1. The van der Waals surface area contributed by atoms with Crippen LogP contribution in [0.5, 0.6) is 0 Å². The Morgan fingerprint density at radius 1 is 1.27 bits per heavy atom. The Balaban J connectivity index is 2.32. The Hall–Kier alpha value is -2.24. The Morgan fingerprint density at radius 3 is 3.00 bits per heavy atom. The first-order valence-corrected chi connectivity index (χ1v) is 4.35. The summed E-state index contributed by atoms with van der Waals surface area (Å²) in [5.41, 5.74) is 1.58. The molecule has 0 aliphatic carbocycles. The van der Waals surface area contributed by atoms with Crippen LogP contribution in [-0.2, 0) is 0 Å². The predicted molar refractivity (Wildman–Crippen MR) is 51.4 cm³/mol. The highest BCUT2D eigenvalue weighted by atomic mass is 19.1. The summed E-state index contributed by atoms with van der Waals surface area (Å²) < 4.78 is 13.1. The molecular weight excluding hydrogens is 197 g/mol. The van der Waals surface area contributed by atoms with Crippen molar-refractivity contribution in [2.75, 3.05) is 0 Å². The fourth-order valence-corrected chi connectivity index (χ4v) is 1.55. The van der Waals surface area contributed by atoms with Crippen molar-refractivity contribution in [2.45, 2.75) is 0 Å². The third-order valence-corrected chi connectivity index (χ3v) is 2.23. The van der Waals surface area contributed by atoms with Crippen LogP contribution < -0.4 is 0 Å². The first-order chi connectivity index (χ1) is 7.34. The van der Waals surface area contributed by atoms with E-state index in [1.54, 1.807) is 12.3 Å². The van der Waals surface area contributed by atoms with Gasteiger partial charge in [-0.15, -0.1) is 10.2 Å². The molecule has 0 unspecified atom stereocenters. The van der Waals surface area contributed by atoms with Gasteiger partial charge in [-0.1, -0.05) is 0 Å². The van der Waals surface area contributed by atoms with Gasteiger partial charge >= 0.3 is 0 Å². The van der Waals surface area contributed by atoms with Crippen LogP contribution in [0, 0.1) is 5.82 Å². The molecule has 2 N–H and O–H groups in total. The second-order valence-electron chi connectivity index (χ2n) is 3.13. The number of nitrogens with zero attached hydrogens (tertiary/aromatic N) is 3. The summed E-state index contributed by atoms with van der Waals surface area (Å²) in [5, 5.41) is 14.3. The van der Waals surface area contributed by atoms with E-state index in [-0.39, 0.29) is 5.82 Å². The molecule has 0 fully saturated rings. The summed E-state index contributed by atoms with van der Waals surface area (Å²) in [6.07, 6.45) is 1.73. The molecule has 0 aliphatic heterocycles. The second kappa shape index (κ2) is 2.88. The molecule has 0 saturated carbocycles. The van der Waals surface area contributed by atoms with Crippen LogP contribution in [0.3, 0.4) is 0 Å². The number of aromatic amines is 2. The van der Waals surface area contributed by atoms with Crippen molar-refractivity contribution in [1.82, 2.24) is 25.6 Å². The first kappa shape index (κ1) is 8.10. The van der Waals surface area contributed by atoms with Crippen molar-refractivity contribution in [1.29, 1.82) is 0 Å². The Kier molecular flexibility index (Phi) is 1.55. The molecule has 0 aliphatic rings. The van der Waals surface area contributed by atoms with Crippen LogP contribution in [0.25, 0.3) is 22.3 Å². The number of halogens is 1.